The van der Waals surface area contributed by atoms with Crippen LogP contribution in [0, 0.1) is 0 Å². The molecule has 0 radical (unpaired) electrons. The van der Waals surface area contributed by atoms with E-state index in [4.69, 9.17) is 16.3 Å². The SMILES string of the molecule is COc1ccccc1CNC(=O)[C@H](C)[NH+]1CCN(c2cccc(Cl)c2)CC1. The average Bonchev–Trinajstić information content (AvgIpc) is 2.71. The number of ether oxygens (including phenoxy) is 1. The third kappa shape index (κ3) is 4.93. The van der Waals surface area contributed by atoms with Gasteiger partial charge in [0.25, 0.3) is 5.91 Å². The number of para-hydroxylation sites is 1. The number of nitrogens with one attached hydrogen (secondary N) is 2. The fourth-order valence-corrected chi connectivity index (χ4v) is 3.71. The van der Waals surface area contributed by atoms with Gasteiger partial charge in [-0.2, -0.15) is 0 Å². The van der Waals surface area contributed by atoms with Crippen molar-refractivity contribution in [2.45, 2.75) is 19.5 Å². The molecule has 2 aromatic carbocycles. The minimum absolute atomic E-state index is 0.0760. The lowest BCUT2D eigenvalue weighted by molar-refractivity contribution is -0.914. The Balaban J connectivity index is 1.51. The monoisotopic (exact) mass is 388 g/mol. The van der Waals surface area contributed by atoms with Crippen LogP contribution in [0.25, 0.3) is 0 Å². The van der Waals surface area contributed by atoms with E-state index in [-0.39, 0.29) is 11.9 Å². The molecule has 1 aliphatic rings. The summed E-state index contributed by atoms with van der Waals surface area (Å²) in [7, 11) is 1.65. The smallest absolute Gasteiger partial charge is 0.278 e. The fraction of sp³-hybridized carbons (Fsp3) is 0.381. The molecule has 1 heterocycles. The second-order valence-electron chi connectivity index (χ2n) is 6.88. The number of carbonyl (C=O) groups excluding carboxylic acids is 1. The molecule has 0 aliphatic carbocycles. The van der Waals surface area contributed by atoms with Gasteiger partial charge in [0.1, 0.15) is 5.75 Å². The average molecular weight is 389 g/mol. The molecule has 0 aromatic heterocycles. The topological polar surface area (TPSA) is 46.0 Å². The van der Waals surface area contributed by atoms with Crippen LogP contribution < -0.4 is 19.9 Å². The van der Waals surface area contributed by atoms with E-state index in [0.29, 0.717) is 6.54 Å². The summed E-state index contributed by atoms with van der Waals surface area (Å²) in [4.78, 5) is 16.2. The van der Waals surface area contributed by atoms with Crippen LogP contribution in [0.4, 0.5) is 5.69 Å². The summed E-state index contributed by atoms with van der Waals surface area (Å²) in [5.74, 6) is 0.875. The molecule has 0 saturated carbocycles. The maximum atomic E-state index is 12.6. The van der Waals surface area contributed by atoms with E-state index in [9.17, 15) is 4.79 Å². The van der Waals surface area contributed by atoms with E-state index in [0.717, 1.165) is 48.2 Å². The number of nitrogens with zero attached hydrogens (tertiary/aromatic N) is 1. The zero-order chi connectivity index (χ0) is 19.2. The summed E-state index contributed by atoms with van der Waals surface area (Å²) in [5.41, 5.74) is 2.14. The number of rotatable bonds is 6. The maximum Gasteiger partial charge on any atom is 0.278 e. The number of benzene rings is 2. The molecule has 3 rings (SSSR count). The van der Waals surface area contributed by atoms with Crippen LogP contribution in [-0.2, 0) is 11.3 Å². The second-order valence-corrected chi connectivity index (χ2v) is 7.31. The van der Waals surface area contributed by atoms with Crippen molar-refractivity contribution in [3.05, 3.63) is 59.1 Å². The first-order chi connectivity index (χ1) is 13.1. The lowest BCUT2D eigenvalue weighted by Gasteiger charge is -2.36. The number of anilines is 1. The highest BCUT2D eigenvalue weighted by Crippen LogP contribution is 2.19. The third-order valence-corrected chi connectivity index (χ3v) is 5.47. The van der Waals surface area contributed by atoms with Crippen molar-refractivity contribution >= 4 is 23.2 Å². The number of carbonyl (C=O) groups is 1. The predicted octanol–water partition coefficient (Wildman–Crippen LogP) is 1.76. The largest absolute Gasteiger partial charge is 0.496 e. The molecule has 1 amide bonds. The third-order valence-electron chi connectivity index (χ3n) is 5.23. The minimum atomic E-state index is -0.0822. The van der Waals surface area contributed by atoms with Crippen LogP contribution in [0.15, 0.2) is 48.5 Å². The maximum absolute atomic E-state index is 12.6. The zero-order valence-electron chi connectivity index (χ0n) is 15.9. The van der Waals surface area contributed by atoms with Crippen molar-refractivity contribution in [3.63, 3.8) is 0 Å². The van der Waals surface area contributed by atoms with Gasteiger partial charge in [-0.25, -0.2) is 0 Å². The molecule has 0 unspecified atom stereocenters. The zero-order valence-corrected chi connectivity index (χ0v) is 16.6. The number of quaternary nitrogens is 1. The number of hydrogen-bond donors (Lipinski definition) is 2. The van der Waals surface area contributed by atoms with Gasteiger partial charge >= 0.3 is 0 Å². The summed E-state index contributed by atoms with van der Waals surface area (Å²) in [6, 6.07) is 15.6. The molecular formula is C21H27ClN3O2+. The Morgan fingerprint density at radius 1 is 1.22 bits per heavy atom. The van der Waals surface area contributed by atoms with Gasteiger partial charge in [0.2, 0.25) is 0 Å². The van der Waals surface area contributed by atoms with Crippen molar-refractivity contribution in [3.8, 4) is 5.75 Å². The highest BCUT2D eigenvalue weighted by Gasteiger charge is 2.29. The molecule has 0 spiro atoms. The lowest BCUT2D eigenvalue weighted by Crippen LogP contribution is -3.19. The Labute approximate surface area is 165 Å². The fourth-order valence-electron chi connectivity index (χ4n) is 3.53. The van der Waals surface area contributed by atoms with Gasteiger partial charge in [0, 0.05) is 22.8 Å². The number of amides is 1. The minimum Gasteiger partial charge on any atom is -0.496 e. The quantitative estimate of drug-likeness (QED) is 0.792. The van der Waals surface area contributed by atoms with E-state index in [1.54, 1.807) is 7.11 Å². The second kappa shape index (κ2) is 9.11. The molecule has 5 nitrogen and oxygen atoms in total. The first-order valence-electron chi connectivity index (χ1n) is 9.33. The van der Waals surface area contributed by atoms with E-state index in [2.05, 4.69) is 16.3 Å². The Hall–Kier alpha value is -2.24. The van der Waals surface area contributed by atoms with Gasteiger partial charge in [0.15, 0.2) is 6.04 Å². The highest BCUT2D eigenvalue weighted by atomic mass is 35.5. The lowest BCUT2D eigenvalue weighted by atomic mass is 10.1. The summed E-state index contributed by atoms with van der Waals surface area (Å²) < 4.78 is 5.35. The molecule has 27 heavy (non-hydrogen) atoms. The standard InChI is InChI=1S/C21H26ClN3O2/c1-16(21(26)23-15-17-6-3-4-9-20(17)27-2)24-10-12-25(13-11-24)19-8-5-7-18(22)14-19/h3-9,14,16H,10-13,15H2,1-2H3,(H,23,26)/p+1/t16-/m0/s1. The van der Waals surface area contributed by atoms with Crippen molar-refractivity contribution in [1.29, 1.82) is 0 Å². The highest BCUT2D eigenvalue weighted by molar-refractivity contribution is 6.30. The van der Waals surface area contributed by atoms with Gasteiger partial charge in [-0.05, 0) is 31.2 Å². The number of piperazine rings is 1. The summed E-state index contributed by atoms with van der Waals surface area (Å²) >= 11 is 6.10. The molecule has 2 aromatic rings. The Kier molecular flexibility index (Phi) is 6.58. The van der Waals surface area contributed by atoms with Crippen molar-refractivity contribution in [1.82, 2.24) is 5.32 Å². The van der Waals surface area contributed by atoms with Crippen molar-refractivity contribution in [2.24, 2.45) is 0 Å². The van der Waals surface area contributed by atoms with Crippen molar-refractivity contribution in [2.75, 3.05) is 38.2 Å². The van der Waals surface area contributed by atoms with E-state index < -0.39 is 0 Å². The molecule has 1 fully saturated rings. The summed E-state index contributed by atoms with van der Waals surface area (Å²) in [6.45, 7) is 6.17. The molecule has 1 saturated heterocycles. The molecule has 144 valence electrons. The van der Waals surface area contributed by atoms with E-state index in [1.807, 2.05) is 49.4 Å². The van der Waals surface area contributed by atoms with E-state index >= 15 is 0 Å². The molecule has 6 heteroatoms. The molecule has 0 bridgehead atoms. The predicted molar refractivity (Wildman–Crippen MR) is 109 cm³/mol. The molecular weight excluding hydrogens is 362 g/mol. The van der Waals surface area contributed by atoms with Crippen LogP contribution >= 0.6 is 11.6 Å². The Morgan fingerprint density at radius 2 is 1.96 bits per heavy atom. The number of methoxy groups -OCH3 is 1. The van der Waals surface area contributed by atoms with Crippen LogP contribution in [0.3, 0.4) is 0 Å². The molecule has 1 aliphatic heterocycles. The molecule has 1 atom stereocenters. The van der Waals surface area contributed by atoms with E-state index in [1.165, 1.54) is 4.90 Å². The normalized spacial score (nSPS) is 16.0. The van der Waals surface area contributed by atoms with Gasteiger partial charge in [-0.15, -0.1) is 0 Å². The van der Waals surface area contributed by atoms with Crippen LogP contribution in [0.5, 0.6) is 5.75 Å². The van der Waals surface area contributed by atoms with Gasteiger partial charge < -0.3 is 19.9 Å². The number of halogens is 1. The van der Waals surface area contributed by atoms with Gasteiger partial charge in [-0.3, -0.25) is 4.79 Å². The summed E-state index contributed by atoms with van der Waals surface area (Å²) in [5, 5.41) is 3.81. The van der Waals surface area contributed by atoms with Crippen LogP contribution in [-0.4, -0.2) is 45.2 Å². The van der Waals surface area contributed by atoms with Gasteiger partial charge in [-0.1, -0.05) is 35.9 Å². The summed E-state index contributed by atoms with van der Waals surface area (Å²) in [6.07, 6.45) is 0. The van der Waals surface area contributed by atoms with Gasteiger partial charge in [0.05, 0.1) is 33.3 Å². The molecule has 2 N–H and O–H groups in total. The van der Waals surface area contributed by atoms with Crippen molar-refractivity contribution < 1.29 is 14.4 Å². The first-order valence-corrected chi connectivity index (χ1v) is 9.71. The Morgan fingerprint density at radius 3 is 2.67 bits per heavy atom. The first kappa shape index (κ1) is 19.5. The van der Waals surface area contributed by atoms with Crippen LogP contribution in [0.1, 0.15) is 12.5 Å². The van der Waals surface area contributed by atoms with Crippen LogP contribution in [0.2, 0.25) is 5.02 Å². The Bertz CT molecular complexity index is 776. The number of hydrogen-bond acceptors (Lipinski definition) is 3.